The lowest BCUT2D eigenvalue weighted by Gasteiger charge is -2.17. The minimum absolute atomic E-state index is 0.135. The maximum Gasteiger partial charge on any atom is 0.339 e. The van der Waals surface area contributed by atoms with Gasteiger partial charge in [-0.1, -0.05) is 48.8 Å². The van der Waals surface area contributed by atoms with Crippen molar-refractivity contribution in [3.63, 3.8) is 0 Å². The van der Waals surface area contributed by atoms with E-state index in [1.54, 1.807) is 18.9 Å². The van der Waals surface area contributed by atoms with Crippen LogP contribution in [-0.4, -0.2) is 47.6 Å². The third-order valence-corrected chi connectivity index (χ3v) is 5.29. The highest BCUT2D eigenvalue weighted by atomic mass is 16.5. The van der Waals surface area contributed by atoms with Crippen LogP contribution in [0.5, 0.6) is 0 Å². The van der Waals surface area contributed by atoms with Gasteiger partial charge in [0, 0.05) is 37.3 Å². The van der Waals surface area contributed by atoms with Gasteiger partial charge in [0.1, 0.15) is 17.1 Å². The molecule has 0 spiro atoms. The molecule has 1 N–H and O–H groups in total. The molecule has 0 aliphatic carbocycles. The second-order valence-electron chi connectivity index (χ2n) is 7.59. The monoisotopic (exact) mass is 423 g/mol. The molecule has 164 valence electrons. The van der Waals surface area contributed by atoms with Gasteiger partial charge in [-0.05, 0) is 25.3 Å². The van der Waals surface area contributed by atoms with E-state index in [9.17, 15) is 9.59 Å². The summed E-state index contributed by atoms with van der Waals surface area (Å²) in [5.41, 5.74) is 4.14. The number of ether oxygens (including phenoxy) is 1. The highest BCUT2D eigenvalue weighted by Gasteiger charge is 2.26. The van der Waals surface area contributed by atoms with E-state index in [-0.39, 0.29) is 5.91 Å². The normalized spacial score (nSPS) is 10.8. The number of rotatable bonds is 9. The number of methoxy groups -OCH3 is 1. The zero-order chi connectivity index (χ0) is 22.4. The molecule has 0 radical (unpaired) electrons. The molecule has 7 heteroatoms. The summed E-state index contributed by atoms with van der Waals surface area (Å²) in [6.07, 6.45) is 2.86. The van der Waals surface area contributed by atoms with Crippen LogP contribution in [0.1, 0.15) is 57.6 Å². The van der Waals surface area contributed by atoms with Crippen LogP contribution in [0, 0.1) is 6.92 Å². The molecule has 7 nitrogen and oxygen atoms in total. The maximum absolute atomic E-state index is 13.1. The average Bonchev–Trinajstić information content (AvgIpc) is 3.38. The van der Waals surface area contributed by atoms with Crippen LogP contribution < -0.4 is 0 Å². The molecule has 3 aromatic rings. The van der Waals surface area contributed by atoms with E-state index in [1.165, 1.54) is 7.11 Å². The van der Waals surface area contributed by atoms with Gasteiger partial charge >= 0.3 is 5.97 Å². The summed E-state index contributed by atoms with van der Waals surface area (Å²) < 4.78 is 10.3. The van der Waals surface area contributed by atoms with Gasteiger partial charge in [0.05, 0.1) is 12.7 Å². The molecule has 1 amide bonds. The molecular weight excluding hydrogens is 394 g/mol. The first kappa shape index (κ1) is 22.3. The third kappa shape index (κ3) is 5.05. The van der Waals surface area contributed by atoms with Crippen LogP contribution in [0.4, 0.5) is 0 Å². The second kappa shape index (κ2) is 10.1. The molecule has 0 aliphatic heterocycles. The minimum atomic E-state index is -0.418. The van der Waals surface area contributed by atoms with Crippen LogP contribution in [0.25, 0.3) is 11.3 Å². The second-order valence-corrected chi connectivity index (χ2v) is 7.59. The van der Waals surface area contributed by atoms with Gasteiger partial charge in [-0.3, -0.25) is 4.79 Å². The summed E-state index contributed by atoms with van der Waals surface area (Å²) in [5, 5.41) is 4.13. The van der Waals surface area contributed by atoms with E-state index >= 15 is 0 Å². The number of nitrogens with zero attached hydrogens (tertiary/aromatic N) is 2. The number of benzene rings is 1. The van der Waals surface area contributed by atoms with Gasteiger partial charge in [-0.25, -0.2) is 4.79 Å². The molecule has 0 atom stereocenters. The van der Waals surface area contributed by atoms with Gasteiger partial charge in [0.15, 0.2) is 0 Å². The van der Waals surface area contributed by atoms with E-state index in [2.05, 4.69) is 10.1 Å². The quantitative estimate of drug-likeness (QED) is 0.515. The molecule has 0 bridgehead atoms. The summed E-state index contributed by atoms with van der Waals surface area (Å²) in [6, 6.07) is 11.8. The zero-order valence-electron chi connectivity index (χ0n) is 18.5. The van der Waals surface area contributed by atoms with Crippen LogP contribution in [0.15, 0.2) is 40.9 Å². The van der Waals surface area contributed by atoms with Crippen molar-refractivity contribution in [1.82, 2.24) is 15.0 Å². The molecule has 0 fully saturated rings. The molecule has 31 heavy (non-hydrogen) atoms. The zero-order valence-corrected chi connectivity index (χ0v) is 18.5. The SMILES string of the molecule is CCCc1c(C(=O)N(C)CCCc2cc(-c3ccccc3)no2)[nH]c(C)c1C(=O)OC. The number of esters is 1. The van der Waals surface area contributed by atoms with Crippen molar-refractivity contribution < 1.29 is 18.8 Å². The number of hydrogen-bond acceptors (Lipinski definition) is 5. The molecule has 0 saturated heterocycles. The molecule has 2 heterocycles. The Morgan fingerprint density at radius 3 is 2.61 bits per heavy atom. The highest BCUT2D eigenvalue weighted by Crippen LogP contribution is 2.23. The highest BCUT2D eigenvalue weighted by molar-refractivity contribution is 6.00. The summed E-state index contributed by atoms with van der Waals surface area (Å²) in [5.74, 6) is 0.234. The van der Waals surface area contributed by atoms with Crippen molar-refractivity contribution in [2.24, 2.45) is 0 Å². The summed E-state index contributed by atoms with van der Waals surface area (Å²) in [6.45, 7) is 4.36. The predicted molar refractivity (Wildman–Crippen MR) is 118 cm³/mol. The number of nitrogens with one attached hydrogen (secondary N) is 1. The molecular formula is C24H29N3O4. The number of amides is 1. The number of hydrogen-bond donors (Lipinski definition) is 1. The Bertz CT molecular complexity index is 1040. The number of aryl methyl sites for hydroxylation is 2. The standard InChI is InChI=1S/C24H29N3O4/c1-5-10-19-21(24(29)30-4)16(2)25-22(19)23(28)27(3)14-9-13-18-15-20(26-31-18)17-11-7-6-8-12-17/h6-8,11-12,15,25H,5,9-10,13-14H2,1-4H3. The first-order valence-corrected chi connectivity index (χ1v) is 10.5. The molecule has 3 rings (SSSR count). The van der Waals surface area contributed by atoms with E-state index in [0.29, 0.717) is 36.3 Å². The van der Waals surface area contributed by atoms with Crippen molar-refractivity contribution in [1.29, 1.82) is 0 Å². The van der Waals surface area contributed by atoms with Crippen molar-refractivity contribution in [3.05, 3.63) is 64.7 Å². The van der Waals surface area contributed by atoms with Gasteiger partial charge in [0.25, 0.3) is 5.91 Å². The van der Waals surface area contributed by atoms with Crippen molar-refractivity contribution in [2.45, 2.75) is 39.5 Å². The Morgan fingerprint density at radius 2 is 1.94 bits per heavy atom. The van der Waals surface area contributed by atoms with E-state index in [0.717, 1.165) is 35.4 Å². The Morgan fingerprint density at radius 1 is 1.19 bits per heavy atom. The first-order chi connectivity index (χ1) is 15.0. The summed E-state index contributed by atoms with van der Waals surface area (Å²) in [4.78, 5) is 30.0. The number of aromatic amines is 1. The smallest absolute Gasteiger partial charge is 0.339 e. The van der Waals surface area contributed by atoms with E-state index < -0.39 is 5.97 Å². The van der Waals surface area contributed by atoms with Crippen LogP contribution in [0.2, 0.25) is 0 Å². The summed E-state index contributed by atoms with van der Waals surface area (Å²) in [7, 11) is 3.12. The Labute approximate surface area is 182 Å². The van der Waals surface area contributed by atoms with Gasteiger partial charge < -0.3 is 19.1 Å². The van der Waals surface area contributed by atoms with Crippen LogP contribution >= 0.6 is 0 Å². The molecule has 1 aromatic carbocycles. The summed E-state index contributed by atoms with van der Waals surface area (Å²) >= 11 is 0. The van der Waals surface area contributed by atoms with Gasteiger partial charge in [-0.15, -0.1) is 0 Å². The fourth-order valence-electron chi connectivity index (χ4n) is 3.70. The Hall–Kier alpha value is -3.35. The predicted octanol–water partition coefficient (Wildman–Crippen LogP) is 4.42. The molecule has 2 aromatic heterocycles. The van der Waals surface area contributed by atoms with E-state index in [1.807, 2.05) is 43.3 Å². The van der Waals surface area contributed by atoms with Crippen LogP contribution in [-0.2, 0) is 17.6 Å². The minimum Gasteiger partial charge on any atom is -0.465 e. The van der Waals surface area contributed by atoms with Crippen molar-refractivity contribution in [3.8, 4) is 11.3 Å². The van der Waals surface area contributed by atoms with Crippen LogP contribution in [0.3, 0.4) is 0 Å². The molecule has 0 unspecified atom stereocenters. The lowest BCUT2D eigenvalue weighted by Crippen LogP contribution is -2.29. The van der Waals surface area contributed by atoms with Crippen molar-refractivity contribution >= 4 is 11.9 Å². The molecule has 0 aliphatic rings. The maximum atomic E-state index is 13.1. The number of carbonyl (C=O) groups is 2. The first-order valence-electron chi connectivity index (χ1n) is 10.5. The number of aromatic nitrogens is 2. The number of carbonyl (C=O) groups excluding carboxylic acids is 2. The van der Waals surface area contributed by atoms with Gasteiger partial charge in [0.2, 0.25) is 0 Å². The lowest BCUT2D eigenvalue weighted by molar-refractivity contribution is 0.0599. The van der Waals surface area contributed by atoms with Gasteiger partial charge in [-0.2, -0.15) is 0 Å². The fourth-order valence-corrected chi connectivity index (χ4v) is 3.70. The largest absolute Gasteiger partial charge is 0.465 e. The topological polar surface area (TPSA) is 88.4 Å². The lowest BCUT2D eigenvalue weighted by atomic mass is 10.0. The third-order valence-electron chi connectivity index (χ3n) is 5.29. The number of H-pyrrole nitrogens is 1. The van der Waals surface area contributed by atoms with E-state index in [4.69, 9.17) is 9.26 Å². The van der Waals surface area contributed by atoms with Crippen molar-refractivity contribution in [2.75, 3.05) is 20.7 Å². The fraction of sp³-hybridized carbons (Fsp3) is 0.375. The Balaban J connectivity index is 1.64. The Kier molecular flexibility index (Phi) is 7.28. The average molecular weight is 424 g/mol. The molecule has 0 saturated carbocycles.